The summed E-state index contributed by atoms with van der Waals surface area (Å²) in [5.74, 6) is -0.599. The van der Waals surface area contributed by atoms with Gasteiger partial charge in [-0.2, -0.15) is 0 Å². The van der Waals surface area contributed by atoms with E-state index in [2.05, 4.69) is 5.32 Å². The van der Waals surface area contributed by atoms with Gasteiger partial charge in [0.15, 0.2) is 0 Å². The van der Waals surface area contributed by atoms with Crippen molar-refractivity contribution in [2.24, 2.45) is 11.5 Å². The van der Waals surface area contributed by atoms with Crippen molar-refractivity contribution in [2.75, 3.05) is 0 Å². The summed E-state index contributed by atoms with van der Waals surface area (Å²) in [6.45, 7) is 0. The van der Waals surface area contributed by atoms with Crippen LogP contribution >= 0.6 is 0 Å². The number of rotatable bonds is 4. The fourth-order valence-corrected chi connectivity index (χ4v) is 1.24. The average molecular weight is 207 g/mol. The van der Waals surface area contributed by atoms with E-state index in [0.717, 1.165) is 5.56 Å². The van der Waals surface area contributed by atoms with E-state index < -0.39 is 18.0 Å². The van der Waals surface area contributed by atoms with Crippen molar-refractivity contribution in [1.29, 1.82) is 0 Å². The van der Waals surface area contributed by atoms with E-state index in [1.807, 2.05) is 30.3 Å². The van der Waals surface area contributed by atoms with Crippen molar-refractivity contribution in [3.05, 3.63) is 35.9 Å². The molecule has 1 aromatic rings. The van der Waals surface area contributed by atoms with E-state index in [-0.39, 0.29) is 0 Å². The SMILES string of the molecule is NC(=O)NC(Cc1ccccc1)C(N)=O. The fraction of sp³-hybridized carbons (Fsp3) is 0.200. The van der Waals surface area contributed by atoms with Crippen LogP contribution in [0.1, 0.15) is 5.56 Å². The molecule has 0 heterocycles. The van der Waals surface area contributed by atoms with Crippen molar-refractivity contribution >= 4 is 11.9 Å². The highest BCUT2D eigenvalue weighted by Crippen LogP contribution is 2.02. The predicted molar refractivity (Wildman–Crippen MR) is 55.8 cm³/mol. The maximum Gasteiger partial charge on any atom is 0.312 e. The molecular weight excluding hydrogens is 194 g/mol. The standard InChI is InChI=1S/C10H13N3O2/c11-9(14)8(13-10(12)15)6-7-4-2-1-3-5-7/h1-5,8H,6H2,(H2,11,14)(H3,12,13,15). The van der Waals surface area contributed by atoms with E-state index >= 15 is 0 Å². The zero-order valence-corrected chi connectivity index (χ0v) is 8.14. The van der Waals surface area contributed by atoms with Gasteiger partial charge in [0.05, 0.1) is 0 Å². The van der Waals surface area contributed by atoms with Crippen LogP contribution in [0.25, 0.3) is 0 Å². The van der Waals surface area contributed by atoms with Gasteiger partial charge in [0.1, 0.15) is 6.04 Å². The molecule has 5 N–H and O–H groups in total. The number of hydrogen-bond acceptors (Lipinski definition) is 2. The number of urea groups is 1. The molecule has 0 aliphatic heterocycles. The third kappa shape index (κ3) is 3.68. The molecule has 15 heavy (non-hydrogen) atoms. The summed E-state index contributed by atoms with van der Waals surface area (Å²) in [4.78, 5) is 21.6. The fourth-order valence-electron chi connectivity index (χ4n) is 1.24. The smallest absolute Gasteiger partial charge is 0.312 e. The van der Waals surface area contributed by atoms with Crippen LogP contribution in [0.2, 0.25) is 0 Å². The molecule has 0 radical (unpaired) electrons. The molecule has 80 valence electrons. The minimum Gasteiger partial charge on any atom is -0.368 e. The van der Waals surface area contributed by atoms with Crippen molar-refractivity contribution in [2.45, 2.75) is 12.5 Å². The number of nitrogens with two attached hydrogens (primary N) is 2. The highest BCUT2D eigenvalue weighted by molar-refractivity contribution is 5.85. The van der Waals surface area contributed by atoms with Gasteiger partial charge in [-0.1, -0.05) is 30.3 Å². The molecule has 0 spiro atoms. The van der Waals surface area contributed by atoms with Gasteiger partial charge in [-0.25, -0.2) is 4.79 Å². The van der Waals surface area contributed by atoms with E-state index in [4.69, 9.17) is 11.5 Å². The number of hydrogen-bond donors (Lipinski definition) is 3. The van der Waals surface area contributed by atoms with Gasteiger partial charge in [0.2, 0.25) is 5.91 Å². The molecule has 0 saturated carbocycles. The first-order valence-corrected chi connectivity index (χ1v) is 4.49. The van der Waals surface area contributed by atoms with E-state index in [0.29, 0.717) is 6.42 Å². The number of benzene rings is 1. The van der Waals surface area contributed by atoms with Gasteiger partial charge in [-0.3, -0.25) is 4.79 Å². The molecule has 1 rings (SSSR count). The Kier molecular flexibility index (Phi) is 3.68. The molecule has 1 unspecified atom stereocenters. The molecule has 0 bridgehead atoms. The third-order valence-corrected chi connectivity index (χ3v) is 1.94. The molecule has 1 atom stereocenters. The van der Waals surface area contributed by atoms with E-state index in [9.17, 15) is 9.59 Å². The van der Waals surface area contributed by atoms with Crippen molar-refractivity contribution in [3.63, 3.8) is 0 Å². The summed E-state index contributed by atoms with van der Waals surface area (Å²) < 4.78 is 0. The first-order valence-electron chi connectivity index (χ1n) is 4.49. The van der Waals surface area contributed by atoms with Crippen LogP contribution in [-0.2, 0) is 11.2 Å². The Morgan fingerprint density at radius 3 is 2.27 bits per heavy atom. The Bertz CT molecular complexity index is 351. The Morgan fingerprint density at radius 1 is 1.20 bits per heavy atom. The van der Waals surface area contributed by atoms with Gasteiger partial charge in [-0.15, -0.1) is 0 Å². The van der Waals surface area contributed by atoms with E-state index in [1.165, 1.54) is 0 Å². The quantitative estimate of drug-likeness (QED) is 0.634. The second kappa shape index (κ2) is 4.99. The second-order valence-electron chi connectivity index (χ2n) is 3.15. The van der Waals surface area contributed by atoms with Crippen LogP contribution in [0.4, 0.5) is 4.79 Å². The molecule has 1 aromatic carbocycles. The first kappa shape index (κ1) is 11.0. The van der Waals surface area contributed by atoms with Crippen LogP contribution in [0.3, 0.4) is 0 Å². The van der Waals surface area contributed by atoms with Gasteiger partial charge < -0.3 is 16.8 Å². The summed E-state index contributed by atoms with van der Waals surface area (Å²) in [5.41, 5.74) is 11.0. The molecule has 0 fully saturated rings. The lowest BCUT2D eigenvalue weighted by atomic mass is 10.1. The number of nitrogens with one attached hydrogen (secondary N) is 1. The molecule has 3 amide bonds. The summed E-state index contributed by atoms with van der Waals surface area (Å²) in [5, 5.41) is 2.29. The van der Waals surface area contributed by atoms with Crippen molar-refractivity contribution in [1.82, 2.24) is 5.32 Å². The van der Waals surface area contributed by atoms with Crippen molar-refractivity contribution in [3.8, 4) is 0 Å². The van der Waals surface area contributed by atoms with Gasteiger partial charge in [-0.05, 0) is 5.56 Å². The maximum absolute atomic E-state index is 11.0. The second-order valence-corrected chi connectivity index (χ2v) is 3.15. The molecule has 5 heteroatoms. The Balaban J connectivity index is 2.67. The van der Waals surface area contributed by atoms with Crippen LogP contribution < -0.4 is 16.8 Å². The molecule has 0 aliphatic carbocycles. The minimum absolute atomic E-state index is 0.346. The minimum atomic E-state index is -0.759. The normalized spacial score (nSPS) is 11.7. The van der Waals surface area contributed by atoms with Crippen LogP contribution in [0.5, 0.6) is 0 Å². The monoisotopic (exact) mass is 207 g/mol. The number of carbonyl (C=O) groups is 2. The molecule has 0 aliphatic rings. The zero-order valence-electron chi connectivity index (χ0n) is 8.14. The number of primary amides is 2. The molecule has 0 saturated heterocycles. The number of amides is 3. The highest BCUT2D eigenvalue weighted by atomic mass is 16.2. The van der Waals surface area contributed by atoms with Crippen LogP contribution in [0.15, 0.2) is 30.3 Å². The lowest BCUT2D eigenvalue weighted by Crippen LogP contribution is -2.47. The van der Waals surface area contributed by atoms with Crippen LogP contribution in [0, 0.1) is 0 Å². The lowest BCUT2D eigenvalue weighted by molar-refractivity contribution is -0.119. The van der Waals surface area contributed by atoms with E-state index in [1.54, 1.807) is 0 Å². The zero-order chi connectivity index (χ0) is 11.3. The summed E-state index contributed by atoms with van der Waals surface area (Å²) >= 11 is 0. The van der Waals surface area contributed by atoms with Gasteiger partial charge in [0.25, 0.3) is 0 Å². The van der Waals surface area contributed by atoms with Gasteiger partial charge >= 0.3 is 6.03 Å². The first-order chi connectivity index (χ1) is 7.09. The van der Waals surface area contributed by atoms with Gasteiger partial charge in [0, 0.05) is 6.42 Å². The predicted octanol–water partition coefficient (Wildman–Crippen LogP) is -0.249. The molecule has 0 aromatic heterocycles. The average Bonchev–Trinajstić information content (AvgIpc) is 2.17. The topological polar surface area (TPSA) is 98.2 Å². The summed E-state index contributed by atoms with van der Waals surface area (Å²) in [6, 6.07) is 7.73. The maximum atomic E-state index is 11.0. The molecule has 5 nitrogen and oxygen atoms in total. The van der Waals surface area contributed by atoms with Crippen LogP contribution in [-0.4, -0.2) is 18.0 Å². The Morgan fingerprint density at radius 2 is 1.80 bits per heavy atom. The number of carbonyl (C=O) groups excluding carboxylic acids is 2. The Labute approximate surface area is 87.4 Å². The Hall–Kier alpha value is -2.04. The van der Waals surface area contributed by atoms with Crippen molar-refractivity contribution < 1.29 is 9.59 Å². The third-order valence-electron chi connectivity index (χ3n) is 1.94. The highest BCUT2D eigenvalue weighted by Gasteiger charge is 2.16. The lowest BCUT2D eigenvalue weighted by Gasteiger charge is -2.13. The largest absolute Gasteiger partial charge is 0.368 e. The summed E-state index contributed by atoms with van der Waals surface area (Å²) in [7, 11) is 0. The summed E-state index contributed by atoms with van der Waals surface area (Å²) in [6.07, 6.45) is 0.346. The molecular formula is C10H13N3O2.